The molecule has 0 amide bonds. The summed E-state index contributed by atoms with van der Waals surface area (Å²) < 4.78 is 27.5. The van der Waals surface area contributed by atoms with Crippen LogP contribution in [0.3, 0.4) is 0 Å². The summed E-state index contributed by atoms with van der Waals surface area (Å²) in [5.74, 6) is -0.889. The molecule has 0 bridgehead atoms. The highest BCUT2D eigenvalue weighted by Crippen LogP contribution is 2.35. The molecule has 0 radical (unpaired) electrons. The predicted octanol–water partition coefficient (Wildman–Crippen LogP) is 3.29. The van der Waals surface area contributed by atoms with Crippen molar-refractivity contribution in [2.24, 2.45) is 0 Å². The van der Waals surface area contributed by atoms with E-state index in [1.165, 1.54) is 6.07 Å². The lowest BCUT2D eigenvalue weighted by Gasteiger charge is -2.26. The largest absolute Gasteiger partial charge is 0.308 e. The summed E-state index contributed by atoms with van der Waals surface area (Å²) in [6, 6.07) is 2.91. The number of benzene rings is 1. The molecular weight excluding hydrogens is 228 g/mol. The molecule has 1 aromatic carbocycles. The number of hydrogen-bond donors (Lipinski definition) is 1. The molecule has 1 N–H and O–H groups in total. The van der Waals surface area contributed by atoms with E-state index in [4.69, 9.17) is 0 Å². The van der Waals surface area contributed by atoms with Crippen molar-refractivity contribution in [2.75, 3.05) is 12.8 Å². The maximum atomic E-state index is 14.1. The first-order valence-corrected chi connectivity index (χ1v) is 6.58. The highest BCUT2D eigenvalue weighted by molar-refractivity contribution is 7.98. The summed E-state index contributed by atoms with van der Waals surface area (Å²) >= 11 is 1.12. The van der Waals surface area contributed by atoms with Crippen molar-refractivity contribution >= 4 is 11.8 Å². The van der Waals surface area contributed by atoms with Gasteiger partial charge in [-0.2, -0.15) is 0 Å². The highest BCUT2D eigenvalue weighted by Gasteiger charge is 2.33. The number of rotatable bonds is 2. The number of thioether (sulfide) groups is 1. The van der Waals surface area contributed by atoms with E-state index >= 15 is 0 Å². The molecule has 0 aromatic heterocycles. The van der Waals surface area contributed by atoms with Crippen molar-refractivity contribution in [3.63, 3.8) is 0 Å². The number of hydrogen-bond acceptors (Lipinski definition) is 2. The summed E-state index contributed by atoms with van der Waals surface area (Å²) in [5.41, 5.74) is 0.234. The van der Waals surface area contributed by atoms with E-state index < -0.39 is 11.6 Å². The fourth-order valence-electron chi connectivity index (χ4n) is 2.27. The molecule has 16 heavy (non-hydrogen) atoms. The van der Waals surface area contributed by atoms with Crippen molar-refractivity contribution in [1.82, 2.24) is 5.32 Å². The van der Waals surface area contributed by atoms with Gasteiger partial charge in [0.15, 0.2) is 0 Å². The summed E-state index contributed by atoms with van der Waals surface area (Å²) in [4.78, 5) is 0.118. The first-order valence-electron chi connectivity index (χ1n) is 5.36. The minimum atomic E-state index is -0.477. The molecule has 1 saturated heterocycles. The number of nitrogens with one attached hydrogen (secondary N) is 1. The first kappa shape index (κ1) is 11.9. The Kier molecular flexibility index (Phi) is 3.22. The molecular formula is C12H15F2NS. The Balaban J connectivity index is 2.49. The second-order valence-electron chi connectivity index (χ2n) is 4.30. The molecule has 2 rings (SSSR count). The van der Waals surface area contributed by atoms with Crippen molar-refractivity contribution in [1.29, 1.82) is 0 Å². The SMILES string of the molecule is CSc1c(F)ccc(C2(C)CCCN2)c1F. The summed E-state index contributed by atoms with van der Waals surface area (Å²) in [6.07, 6.45) is 3.61. The summed E-state index contributed by atoms with van der Waals surface area (Å²) in [6.45, 7) is 2.86. The molecule has 0 spiro atoms. The van der Waals surface area contributed by atoms with Crippen LogP contribution in [-0.4, -0.2) is 12.8 Å². The van der Waals surface area contributed by atoms with Gasteiger partial charge >= 0.3 is 0 Å². The lowest BCUT2D eigenvalue weighted by molar-refractivity contribution is 0.401. The second kappa shape index (κ2) is 4.34. The first-order chi connectivity index (χ1) is 7.58. The van der Waals surface area contributed by atoms with Gasteiger partial charge in [-0.25, -0.2) is 8.78 Å². The van der Waals surface area contributed by atoms with E-state index in [2.05, 4.69) is 5.32 Å². The van der Waals surface area contributed by atoms with Crippen LogP contribution in [0.15, 0.2) is 17.0 Å². The molecule has 1 aliphatic heterocycles. The average Bonchev–Trinajstić information content (AvgIpc) is 2.66. The normalized spacial score (nSPS) is 25.0. The van der Waals surface area contributed by atoms with Crippen LogP contribution >= 0.6 is 11.8 Å². The maximum absolute atomic E-state index is 14.1. The molecule has 0 saturated carbocycles. The molecule has 1 unspecified atom stereocenters. The predicted molar refractivity (Wildman–Crippen MR) is 62.7 cm³/mol. The van der Waals surface area contributed by atoms with Crippen molar-refractivity contribution in [3.8, 4) is 0 Å². The molecule has 1 fully saturated rings. The molecule has 1 aromatic rings. The quantitative estimate of drug-likeness (QED) is 0.800. The average molecular weight is 243 g/mol. The smallest absolute Gasteiger partial charge is 0.144 e. The Labute approximate surface area is 98.6 Å². The van der Waals surface area contributed by atoms with Gasteiger partial charge in [0.2, 0.25) is 0 Å². The number of halogens is 2. The highest BCUT2D eigenvalue weighted by atomic mass is 32.2. The zero-order valence-corrected chi connectivity index (χ0v) is 10.3. The molecule has 1 atom stereocenters. The summed E-state index contributed by atoms with van der Waals surface area (Å²) in [7, 11) is 0. The fourth-order valence-corrected chi connectivity index (χ4v) is 2.82. The monoisotopic (exact) mass is 243 g/mol. The Morgan fingerprint density at radius 3 is 2.69 bits per heavy atom. The van der Waals surface area contributed by atoms with Crippen LogP contribution in [0.5, 0.6) is 0 Å². The second-order valence-corrected chi connectivity index (χ2v) is 5.12. The van der Waals surface area contributed by atoms with Crippen molar-refractivity contribution in [2.45, 2.75) is 30.2 Å². The zero-order valence-electron chi connectivity index (χ0n) is 9.44. The fraction of sp³-hybridized carbons (Fsp3) is 0.500. The Hall–Kier alpha value is -0.610. The molecule has 1 heterocycles. The van der Waals surface area contributed by atoms with Gasteiger partial charge in [0.25, 0.3) is 0 Å². The van der Waals surface area contributed by atoms with Crippen LogP contribution in [0.4, 0.5) is 8.78 Å². The third-order valence-corrected chi connectivity index (χ3v) is 4.00. The van der Waals surface area contributed by atoms with E-state index in [1.807, 2.05) is 6.92 Å². The van der Waals surface area contributed by atoms with E-state index in [0.717, 1.165) is 31.1 Å². The topological polar surface area (TPSA) is 12.0 Å². The van der Waals surface area contributed by atoms with Crippen molar-refractivity contribution < 1.29 is 8.78 Å². The molecule has 0 aliphatic carbocycles. The molecule has 88 valence electrons. The van der Waals surface area contributed by atoms with Crippen LogP contribution < -0.4 is 5.32 Å². The standard InChI is InChI=1S/C12H15F2NS/c1-12(6-3-7-15-12)8-4-5-9(13)11(16-2)10(8)14/h4-5,15H,3,6-7H2,1-2H3. The van der Waals surface area contributed by atoms with E-state index in [0.29, 0.717) is 5.56 Å². The maximum Gasteiger partial charge on any atom is 0.144 e. The van der Waals surface area contributed by atoms with Gasteiger partial charge in [-0.3, -0.25) is 0 Å². The van der Waals surface area contributed by atoms with Crippen LogP contribution in [0.25, 0.3) is 0 Å². The third-order valence-electron chi connectivity index (χ3n) is 3.22. The van der Waals surface area contributed by atoms with E-state index in [1.54, 1.807) is 12.3 Å². The van der Waals surface area contributed by atoms with Gasteiger partial charge in [0, 0.05) is 11.1 Å². The minimum Gasteiger partial charge on any atom is -0.308 e. The van der Waals surface area contributed by atoms with Crippen LogP contribution in [0, 0.1) is 11.6 Å². The minimum absolute atomic E-state index is 0.118. The van der Waals surface area contributed by atoms with Crippen LogP contribution in [-0.2, 0) is 5.54 Å². The molecule has 1 nitrogen and oxygen atoms in total. The van der Waals surface area contributed by atoms with E-state index in [9.17, 15) is 8.78 Å². The zero-order chi connectivity index (χ0) is 11.8. The van der Waals surface area contributed by atoms with E-state index in [-0.39, 0.29) is 10.4 Å². The lowest BCUT2D eigenvalue weighted by Crippen LogP contribution is -2.34. The van der Waals surface area contributed by atoms with Gasteiger partial charge in [-0.15, -0.1) is 11.8 Å². The van der Waals surface area contributed by atoms with Crippen LogP contribution in [0.1, 0.15) is 25.3 Å². The third kappa shape index (κ3) is 1.84. The Morgan fingerprint density at radius 2 is 2.12 bits per heavy atom. The Morgan fingerprint density at radius 1 is 1.38 bits per heavy atom. The van der Waals surface area contributed by atoms with Crippen LogP contribution in [0.2, 0.25) is 0 Å². The molecule has 4 heteroatoms. The molecule has 1 aliphatic rings. The Bertz CT molecular complexity index is 400. The van der Waals surface area contributed by atoms with Gasteiger partial charge in [-0.1, -0.05) is 6.07 Å². The lowest BCUT2D eigenvalue weighted by atomic mass is 9.90. The van der Waals surface area contributed by atoms with Crippen molar-refractivity contribution in [3.05, 3.63) is 29.3 Å². The van der Waals surface area contributed by atoms with Gasteiger partial charge in [0.05, 0.1) is 4.90 Å². The summed E-state index contributed by atoms with van der Waals surface area (Å²) in [5, 5.41) is 3.29. The van der Waals surface area contributed by atoms with Gasteiger partial charge < -0.3 is 5.32 Å². The van der Waals surface area contributed by atoms with Gasteiger partial charge in [0.1, 0.15) is 11.6 Å². The van der Waals surface area contributed by atoms with Gasteiger partial charge in [-0.05, 0) is 38.6 Å².